The number of benzene rings is 1. The van der Waals surface area contributed by atoms with Gasteiger partial charge in [-0.25, -0.2) is 4.79 Å². The molecule has 0 saturated heterocycles. The van der Waals surface area contributed by atoms with E-state index < -0.39 is 6.42 Å². The predicted molar refractivity (Wildman–Crippen MR) is 169 cm³/mol. The second-order valence-electron chi connectivity index (χ2n) is 10.6. The van der Waals surface area contributed by atoms with E-state index in [1.54, 1.807) is 21.1 Å². The maximum absolute atomic E-state index is 12.4. The third kappa shape index (κ3) is 6.56. The molecule has 4 rings (SSSR count). The molecule has 2 aromatic rings. The van der Waals surface area contributed by atoms with Crippen LogP contribution in [0.2, 0.25) is 0 Å². The minimum atomic E-state index is -1.99. The summed E-state index contributed by atoms with van der Waals surface area (Å²) in [6, 6.07) is 9.82. The van der Waals surface area contributed by atoms with E-state index in [0.717, 1.165) is 45.1 Å². The summed E-state index contributed by atoms with van der Waals surface area (Å²) >= 11 is 0. The number of aryl methyl sites for hydroxylation is 2. The standard InChI is InChI=1S/C34H41BN2O6/c1-8-43-34(38)30-13-11-29(12-14-30)31-32-25(2)23-27(4)36(32)35(15-9-17-41-21-19-39-6,16-10-18-42-22-20-40-7)37-28(5)24-26(3)33(31)37/h11-14,23-24H,8,17-22H2,1-7H3. The van der Waals surface area contributed by atoms with Crippen LogP contribution in [0, 0.1) is 37.3 Å². The highest BCUT2D eigenvalue weighted by Gasteiger charge is 2.50. The van der Waals surface area contributed by atoms with Gasteiger partial charge in [0, 0.05) is 38.5 Å². The lowest BCUT2D eigenvalue weighted by Crippen LogP contribution is -2.57. The highest BCUT2D eigenvalue weighted by atomic mass is 16.5. The van der Waals surface area contributed by atoms with Crippen LogP contribution in [0.1, 0.15) is 53.6 Å². The third-order valence-corrected chi connectivity index (χ3v) is 7.56. The largest absolute Gasteiger partial charge is 0.520 e. The minimum absolute atomic E-state index is 0.258. The second-order valence-corrected chi connectivity index (χ2v) is 10.6. The van der Waals surface area contributed by atoms with Gasteiger partial charge in [-0.05, 0) is 62.7 Å². The molecule has 2 aliphatic rings. The van der Waals surface area contributed by atoms with Gasteiger partial charge < -0.3 is 32.6 Å². The first-order chi connectivity index (χ1) is 20.8. The first-order valence-electron chi connectivity index (χ1n) is 14.6. The molecule has 0 radical (unpaired) electrons. The van der Waals surface area contributed by atoms with Crippen LogP contribution in [0.25, 0.3) is 5.57 Å². The van der Waals surface area contributed by atoms with Gasteiger partial charge in [-0.15, -0.1) is 11.8 Å². The first kappa shape index (κ1) is 32.1. The number of carbonyl (C=O) groups excluding carboxylic acids is 1. The molecule has 0 saturated carbocycles. The van der Waals surface area contributed by atoms with Gasteiger partial charge in [0.05, 0.1) is 44.2 Å². The molecular formula is C34H41BN2O6. The molecule has 0 aliphatic carbocycles. The molecule has 43 heavy (non-hydrogen) atoms. The van der Waals surface area contributed by atoms with Crippen molar-refractivity contribution in [2.75, 3.05) is 60.5 Å². The number of hydrogen-bond acceptors (Lipinski definition) is 6. The van der Waals surface area contributed by atoms with Gasteiger partial charge in [0.1, 0.15) is 18.9 Å². The molecule has 1 aromatic heterocycles. The van der Waals surface area contributed by atoms with Crippen molar-refractivity contribution in [3.8, 4) is 23.5 Å². The Morgan fingerprint density at radius 2 is 1.51 bits per heavy atom. The number of esters is 1. The molecule has 0 bridgehead atoms. The quantitative estimate of drug-likeness (QED) is 0.171. The summed E-state index contributed by atoms with van der Waals surface area (Å²) in [7, 11) is 3.30. The smallest absolute Gasteiger partial charge is 0.462 e. The molecule has 3 heterocycles. The Morgan fingerprint density at radius 3 is 2.07 bits per heavy atom. The van der Waals surface area contributed by atoms with E-state index in [9.17, 15) is 4.79 Å². The molecule has 0 amide bonds. The van der Waals surface area contributed by atoms with Crippen LogP contribution in [0.15, 0.2) is 47.7 Å². The van der Waals surface area contributed by atoms with Gasteiger partial charge >= 0.3 is 12.4 Å². The summed E-state index contributed by atoms with van der Waals surface area (Å²) in [5, 5.41) is 0. The normalized spacial score (nSPS) is 14.8. The molecule has 9 heteroatoms. The van der Waals surface area contributed by atoms with Crippen LogP contribution in [0.3, 0.4) is 0 Å². The fourth-order valence-corrected chi connectivity index (χ4v) is 5.92. The molecule has 0 spiro atoms. The zero-order valence-electron chi connectivity index (χ0n) is 26.3. The lowest BCUT2D eigenvalue weighted by atomic mass is 9.45. The maximum Gasteiger partial charge on any atom is 0.520 e. The van der Waals surface area contributed by atoms with Crippen molar-refractivity contribution in [1.82, 2.24) is 4.48 Å². The van der Waals surface area contributed by atoms with Crippen molar-refractivity contribution in [2.24, 2.45) is 0 Å². The molecule has 0 N–H and O–H groups in total. The molecule has 8 nitrogen and oxygen atoms in total. The summed E-state index contributed by atoms with van der Waals surface area (Å²) in [5.41, 5.74) is 9.03. The molecule has 0 unspecified atom stereocenters. The number of allylic oxidation sites excluding steroid dienone is 2. The molecule has 1 aromatic carbocycles. The Bertz CT molecular complexity index is 1540. The van der Waals surface area contributed by atoms with Crippen LogP contribution < -0.4 is 0 Å². The highest BCUT2D eigenvalue weighted by Crippen LogP contribution is 2.43. The van der Waals surface area contributed by atoms with Gasteiger partial charge in [-0.1, -0.05) is 12.1 Å². The van der Waals surface area contributed by atoms with Crippen molar-refractivity contribution in [1.29, 1.82) is 0 Å². The van der Waals surface area contributed by atoms with Crippen molar-refractivity contribution >= 4 is 23.7 Å². The van der Waals surface area contributed by atoms with Crippen LogP contribution >= 0.6 is 0 Å². The van der Waals surface area contributed by atoms with Gasteiger partial charge in [0.2, 0.25) is 0 Å². The zero-order chi connectivity index (χ0) is 31.0. The highest BCUT2D eigenvalue weighted by molar-refractivity contribution is 6.87. The SMILES string of the molecule is CCOC(=O)c1ccc(C2=C3C(C)=CC(C)=[N+]3[B-](C#CCOCCOC)(C#CCOCCOC)n3c(C)cc(C)c32)cc1. The fraction of sp³-hybridized carbons (Fsp3) is 0.412. The van der Waals surface area contributed by atoms with Crippen LogP contribution in [-0.2, 0) is 23.7 Å². The van der Waals surface area contributed by atoms with Crippen molar-refractivity contribution in [3.05, 3.63) is 75.8 Å². The van der Waals surface area contributed by atoms with Gasteiger partial charge in [0.15, 0.2) is 5.70 Å². The number of ether oxygens (including phenoxy) is 5. The third-order valence-electron chi connectivity index (χ3n) is 7.56. The fourth-order valence-electron chi connectivity index (χ4n) is 5.92. The number of methoxy groups -OCH3 is 2. The number of rotatable bonds is 11. The molecule has 2 aliphatic heterocycles. The van der Waals surface area contributed by atoms with E-state index in [-0.39, 0.29) is 19.2 Å². The average molecular weight is 585 g/mol. The number of aromatic nitrogens is 1. The summed E-state index contributed by atoms with van der Waals surface area (Å²) in [6.45, 7) is 13.0. The summed E-state index contributed by atoms with van der Waals surface area (Å²) in [4.78, 5) is 12.4. The molecular weight excluding hydrogens is 543 g/mol. The van der Waals surface area contributed by atoms with Gasteiger partial charge in [-0.2, -0.15) is 11.6 Å². The van der Waals surface area contributed by atoms with E-state index >= 15 is 0 Å². The second kappa shape index (κ2) is 14.5. The molecule has 0 fully saturated rings. The van der Waals surface area contributed by atoms with Crippen molar-refractivity contribution < 1.29 is 33.0 Å². The predicted octanol–water partition coefficient (Wildman–Crippen LogP) is 4.19. The summed E-state index contributed by atoms with van der Waals surface area (Å²) < 4.78 is 31.5. The van der Waals surface area contributed by atoms with E-state index in [1.807, 2.05) is 24.3 Å². The number of carbonyl (C=O) groups is 1. The number of hydrogen-bond donors (Lipinski definition) is 0. The minimum Gasteiger partial charge on any atom is -0.462 e. The van der Waals surface area contributed by atoms with Gasteiger partial charge in [-0.3, -0.25) is 0 Å². The number of fused-ring (bicyclic) bond motifs is 2. The van der Waals surface area contributed by atoms with E-state index in [0.29, 0.717) is 38.6 Å². The lowest BCUT2D eigenvalue weighted by molar-refractivity contribution is -0.329. The Kier molecular flexibility index (Phi) is 10.8. The monoisotopic (exact) mass is 584 g/mol. The van der Waals surface area contributed by atoms with Gasteiger partial charge in [0.25, 0.3) is 0 Å². The zero-order valence-corrected chi connectivity index (χ0v) is 26.3. The Balaban J connectivity index is 1.93. The molecule has 226 valence electrons. The topological polar surface area (TPSA) is 71.2 Å². The van der Waals surface area contributed by atoms with E-state index in [4.69, 9.17) is 23.7 Å². The first-order valence-corrected chi connectivity index (χ1v) is 14.6. The van der Waals surface area contributed by atoms with E-state index in [2.05, 4.69) is 72.3 Å². The van der Waals surface area contributed by atoms with E-state index in [1.165, 1.54) is 0 Å². The lowest BCUT2D eigenvalue weighted by Gasteiger charge is -2.39. The van der Waals surface area contributed by atoms with Crippen LogP contribution in [-0.4, -0.2) is 87.5 Å². The maximum atomic E-state index is 12.4. The van der Waals surface area contributed by atoms with Crippen LogP contribution in [0.5, 0.6) is 0 Å². The summed E-state index contributed by atoms with van der Waals surface area (Å²) in [6.07, 6.45) is 0.198. The number of nitrogens with zero attached hydrogens (tertiary/aromatic N) is 2. The Morgan fingerprint density at radius 1 is 0.907 bits per heavy atom. The molecule has 0 atom stereocenters. The van der Waals surface area contributed by atoms with Crippen LogP contribution in [0.4, 0.5) is 0 Å². The average Bonchev–Trinajstić information content (AvgIpc) is 3.47. The van der Waals surface area contributed by atoms with Crippen molar-refractivity contribution in [3.63, 3.8) is 0 Å². The van der Waals surface area contributed by atoms with Crippen molar-refractivity contribution in [2.45, 2.75) is 34.6 Å². The Labute approximate surface area is 255 Å². The summed E-state index contributed by atoms with van der Waals surface area (Å²) in [5.74, 6) is 13.4. The Hall–Kier alpha value is -3.86.